The molecule has 24 heavy (non-hydrogen) atoms. The van der Waals surface area contributed by atoms with Crippen molar-refractivity contribution in [3.8, 4) is 0 Å². The first-order chi connectivity index (χ1) is 11.2. The molecule has 1 spiro atoms. The second-order valence-electron chi connectivity index (χ2n) is 6.82. The minimum absolute atomic E-state index is 0.0823. The van der Waals surface area contributed by atoms with Crippen molar-refractivity contribution in [3.05, 3.63) is 12.7 Å². The first kappa shape index (κ1) is 18.3. The molecule has 2 aliphatic heterocycles. The van der Waals surface area contributed by atoms with Crippen LogP contribution in [0.5, 0.6) is 0 Å². The van der Waals surface area contributed by atoms with Crippen molar-refractivity contribution < 1.29 is 19.1 Å². The molecule has 0 saturated carbocycles. The maximum atomic E-state index is 12.8. The lowest BCUT2D eigenvalue weighted by Crippen LogP contribution is -2.73. The summed E-state index contributed by atoms with van der Waals surface area (Å²) in [6, 6.07) is -0.927. The van der Waals surface area contributed by atoms with Crippen molar-refractivity contribution in [2.24, 2.45) is 11.7 Å². The third-order valence-corrected chi connectivity index (χ3v) is 4.75. The van der Waals surface area contributed by atoms with Gasteiger partial charge in [0.05, 0.1) is 19.8 Å². The highest BCUT2D eigenvalue weighted by molar-refractivity contribution is 5.89. The number of rotatable bonds is 4. The van der Waals surface area contributed by atoms with Crippen LogP contribution < -0.4 is 5.73 Å². The predicted molar refractivity (Wildman–Crippen MR) is 88.0 cm³/mol. The number of carbonyl (C=O) groups is 3. The largest absolute Gasteiger partial charge is 0.376 e. The lowest BCUT2D eigenvalue weighted by molar-refractivity contribution is -0.176. The number of nitrogens with two attached hydrogens (primary N) is 1. The van der Waals surface area contributed by atoms with Crippen molar-refractivity contribution in [2.75, 3.05) is 39.9 Å². The van der Waals surface area contributed by atoms with Gasteiger partial charge >= 0.3 is 6.03 Å². The Labute approximate surface area is 142 Å². The summed E-state index contributed by atoms with van der Waals surface area (Å²) in [5, 5.41) is 0. The lowest BCUT2D eigenvalue weighted by atomic mass is 9.91. The van der Waals surface area contributed by atoms with Crippen LogP contribution >= 0.6 is 0 Å². The Morgan fingerprint density at radius 3 is 2.33 bits per heavy atom. The van der Waals surface area contributed by atoms with Gasteiger partial charge in [-0.3, -0.25) is 9.59 Å². The molecule has 0 aromatic rings. The van der Waals surface area contributed by atoms with Crippen LogP contribution in [0, 0.1) is 5.92 Å². The summed E-state index contributed by atoms with van der Waals surface area (Å²) >= 11 is 0. The van der Waals surface area contributed by atoms with E-state index in [1.807, 2.05) is 13.8 Å². The molecular weight excluding hydrogens is 312 g/mol. The van der Waals surface area contributed by atoms with E-state index in [0.29, 0.717) is 32.8 Å². The first-order valence-corrected chi connectivity index (χ1v) is 8.06. The van der Waals surface area contributed by atoms with Crippen molar-refractivity contribution in [1.82, 2.24) is 14.7 Å². The van der Waals surface area contributed by atoms with Gasteiger partial charge in [-0.25, -0.2) is 4.79 Å². The number of urea groups is 1. The number of nitrogens with zero attached hydrogens (tertiary/aromatic N) is 3. The Bertz CT molecular complexity index is 544. The molecule has 8 heteroatoms. The van der Waals surface area contributed by atoms with Crippen molar-refractivity contribution in [1.29, 1.82) is 0 Å². The zero-order chi connectivity index (χ0) is 18.1. The molecule has 2 N–H and O–H groups in total. The standard InChI is InChI=1S/C16H26N4O4/c1-5-12(21)20-7-6-19(8-16(20)9-24-10-16)15(23)18(4)13(11(2)3)14(17)22/h5,11,13H,1,6-10H2,2-4H3,(H2,17,22)/t13-/m0/s1. The summed E-state index contributed by atoms with van der Waals surface area (Å²) in [6.45, 7) is 9.20. The van der Waals surface area contributed by atoms with Gasteiger partial charge < -0.3 is 25.2 Å². The van der Waals surface area contributed by atoms with Gasteiger partial charge in [0.2, 0.25) is 11.8 Å². The van der Waals surface area contributed by atoms with E-state index in [9.17, 15) is 14.4 Å². The number of piperazine rings is 1. The van der Waals surface area contributed by atoms with Crippen LogP contribution in [-0.2, 0) is 14.3 Å². The third kappa shape index (κ3) is 3.10. The Kier molecular flexibility index (Phi) is 5.17. The summed E-state index contributed by atoms with van der Waals surface area (Å²) in [4.78, 5) is 41.3. The quantitative estimate of drug-likeness (QED) is 0.709. The van der Waals surface area contributed by atoms with Crippen LogP contribution in [-0.4, -0.2) is 84.0 Å². The van der Waals surface area contributed by atoms with Gasteiger partial charge in [-0.05, 0) is 12.0 Å². The fourth-order valence-electron chi connectivity index (χ4n) is 3.49. The van der Waals surface area contributed by atoms with E-state index < -0.39 is 17.5 Å². The van der Waals surface area contributed by atoms with Crippen LogP contribution in [0.1, 0.15) is 13.8 Å². The second-order valence-corrected chi connectivity index (χ2v) is 6.82. The van der Waals surface area contributed by atoms with E-state index in [2.05, 4.69) is 6.58 Å². The van der Waals surface area contributed by atoms with Crippen LogP contribution in [0.2, 0.25) is 0 Å². The normalized spacial score (nSPS) is 20.5. The molecule has 2 heterocycles. The number of amides is 4. The number of hydrogen-bond donors (Lipinski definition) is 1. The Hall–Kier alpha value is -2.09. The van der Waals surface area contributed by atoms with Crippen molar-refractivity contribution in [2.45, 2.75) is 25.4 Å². The molecule has 0 radical (unpaired) electrons. The summed E-state index contributed by atoms with van der Waals surface area (Å²) < 4.78 is 5.30. The SMILES string of the molecule is C=CC(=O)N1CCN(C(=O)N(C)[C@H](C(N)=O)C(C)C)CC12COC2. The van der Waals surface area contributed by atoms with Crippen molar-refractivity contribution in [3.63, 3.8) is 0 Å². The van der Waals surface area contributed by atoms with Crippen LogP contribution in [0.3, 0.4) is 0 Å². The van der Waals surface area contributed by atoms with E-state index in [1.54, 1.807) is 16.8 Å². The Morgan fingerprint density at radius 2 is 1.92 bits per heavy atom. The molecule has 0 unspecified atom stereocenters. The number of ether oxygens (including phenoxy) is 1. The lowest BCUT2D eigenvalue weighted by Gasteiger charge is -2.55. The van der Waals surface area contributed by atoms with Gasteiger partial charge in [0.15, 0.2) is 0 Å². The van der Waals surface area contributed by atoms with Crippen LogP contribution in [0.25, 0.3) is 0 Å². The highest BCUT2D eigenvalue weighted by Crippen LogP contribution is 2.30. The maximum absolute atomic E-state index is 12.8. The van der Waals surface area contributed by atoms with Gasteiger partial charge in [0.25, 0.3) is 0 Å². The van der Waals surface area contributed by atoms with E-state index in [0.717, 1.165) is 0 Å². The molecule has 0 aliphatic carbocycles. The fraction of sp³-hybridized carbons (Fsp3) is 0.688. The fourth-order valence-corrected chi connectivity index (χ4v) is 3.49. The van der Waals surface area contributed by atoms with E-state index in [1.165, 1.54) is 11.0 Å². The van der Waals surface area contributed by atoms with Crippen LogP contribution in [0.4, 0.5) is 4.79 Å². The number of primary amides is 1. The zero-order valence-electron chi connectivity index (χ0n) is 14.5. The molecule has 0 aromatic carbocycles. The van der Waals surface area contributed by atoms with Gasteiger partial charge in [0, 0.05) is 20.1 Å². The number of likely N-dealkylation sites (N-methyl/N-ethyl adjacent to an activating group) is 1. The average Bonchev–Trinajstić information content (AvgIpc) is 2.50. The molecule has 0 aromatic heterocycles. The van der Waals surface area contributed by atoms with Gasteiger partial charge in [-0.2, -0.15) is 0 Å². The second kappa shape index (κ2) is 6.80. The highest BCUT2D eigenvalue weighted by Gasteiger charge is 2.51. The number of carbonyl (C=O) groups excluding carboxylic acids is 3. The molecular formula is C16H26N4O4. The smallest absolute Gasteiger partial charge is 0.320 e. The monoisotopic (exact) mass is 338 g/mol. The summed E-state index contributed by atoms with van der Waals surface area (Å²) in [7, 11) is 1.59. The summed E-state index contributed by atoms with van der Waals surface area (Å²) in [5.74, 6) is -0.764. The van der Waals surface area contributed by atoms with E-state index in [-0.39, 0.29) is 17.9 Å². The summed E-state index contributed by atoms with van der Waals surface area (Å²) in [6.07, 6.45) is 1.28. The van der Waals surface area contributed by atoms with Crippen molar-refractivity contribution >= 4 is 17.8 Å². The molecule has 0 bridgehead atoms. The highest BCUT2D eigenvalue weighted by atomic mass is 16.5. The Morgan fingerprint density at radius 1 is 1.29 bits per heavy atom. The predicted octanol–water partition coefficient (Wildman–Crippen LogP) is -0.353. The molecule has 1 atom stereocenters. The molecule has 2 rings (SSSR count). The first-order valence-electron chi connectivity index (χ1n) is 8.06. The molecule has 8 nitrogen and oxygen atoms in total. The minimum Gasteiger partial charge on any atom is -0.376 e. The zero-order valence-corrected chi connectivity index (χ0v) is 14.5. The van der Waals surface area contributed by atoms with Crippen LogP contribution in [0.15, 0.2) is 12.7 Å². The Balaban J connectivity index is 2.13. The summed E-state index contributed by atoms with van der Waals surface area (Å²) in [5.41, 5.74) is 4.94. The molecule has 2 aliphatic rings. The van der Waals surface area contributed by atoms with E-state index in [4.69, 9.17) is 10.5 Å². The molecule has 4 amide bonds. The average molecular weight is 338 g/mol. The topological polar surface area (TPSA) is 96.2 Å². The van der Waals surface area contributed by atoms with Gasteiger partial charge in [0.1, 0.15) is 11.6 Å². The van der Waals surface area contributed by atoms with Gasteiger partial charge in [-0.1, -0.05) is 20.4 Å². The van der Waals surface area contributed by atoms with E-state index >= 15 is 0 Å². The number of hydrogen-bond acceptors (Lipinski definition) is 4. The van der Waals surface area contributed by atoms with Gasteiger partial charge in [-0.15, -0.1) is 0 Å². The third-order valence-electron chi connectivity index (χ3n) is 4.75. The maximum Gasteiger partial charge on any atom is 0.320 e. The minimum atomic E-state index is -0.668. The molecule has 2 fully saturated rings. The molecule has 134 valence electrons. The molecule has 2 saturated heterocycles.